The molecule has 5 nitrogen and oxygen atoms in total. The molecule has 0 aliphatic carbocycles. The summed E-state index contributed by atoms with van der Waals surface area (Å²) in [6.45, 7) is 0. The van der Waals surface area contributed by atoms with Gasteiger partial charge in [-0.2, -0.15) is 0 Å². The van der Waals surface area contributed by atoms with Gasteiger partial charge in [0.1, 0.15) is 12.1 Å². The molecule has 2 heterocycles. The molecule has 1 aromatic carbocycles. The number of imidazole rings is 1. The van der Waals surface area contributed by atoms with Gasteiger partial charge in [0.15, 0.2) is 0 Å². The number of rotatable bonds is 3. The monoisotopic (exact) mass is 240 g/mol. The molecule has 0 bridgehead atoms. The minimum atomic E-state index is -0.424. The standard InChI is InChI=1S/C13H12N4O/c1-2-5-12(6-3-1)18-13-15-7-4-9-17(13)16-10-8-14-11-16/h1-11,13H. The van der Waals surface area contributed by atoms with Crippen LogP contribution in [0.15, 0.2) is 66.3 Å². The Morgan fingerprint density at radius 3 is 2.83 bits per heavy atom. The van der Waals surface area contributed by atoms with Crippen molar-refractivity contribution in [1.82, 2.24) is 9.66 Å². The van der Waals surface area contributed by atoms with Crippen molar-refractivity contribution in [2.24, 2.45) is 4.99 Å². The van der Waals surface area contributed by atoms with Crippen LogP contribution in [0.4, 0.5) is 0 Å². The van der Waals surface area contributed by atoms with E-state index >= 15 is 0 Å². The third-order valence-electron chi connectivity index (χ3n) is 2.51. The summed E-state index contributed by atoms with van der Waals surface area (Å²) in [4.78, 5) is 8.32. The van der Waals surface area contributed by atoms with Gasteiger partial charge >= 0.3 is 0 Å². The summed E-state index contributed by atoms with van der Waals surface area (Å²) in [5.41, 5.74) is 0. The van der Waals surface area contributed by atoms with Crippen molar-refractivity contribution in [3.63, 3.8) is 0 Å². The van der Waals surface area contributed by atoms with Gasteiger partial charge in [-0.05, 0) is 18.2 Å². The highest BCUT2D eigenvalue weighted by Crippen LogP contribution is 2.15. The molecule has 0 N–H and O–H groups in total. The molecule has 0 radical (unpaired) electrons. The third-order valence-corrected chi connectivity index (χ3v) is 2.51. The third kappa shape index (κ3) is 2.10. The number of allylic oxidation sites excluding steroid dienone is 1. The lowest BCUT2D eigenvalue weighted by atomic mass is 10.3. The van der Waals surface area contributed by atoms with E-state index in [0.29, 0.717) is 0 Å². The van der Waals surface area contributed by atoms with E-state index in [2.05, 4.69) is 9.98 Å². The van der Waals surface area contributed by atoms with E-state index in [4.69, 9.17) is 4.74 Å². The molecule has 0 saturated heterocycles. The van der Waals surface area contributed by atoms with Crippen molar-refractivity contribution >= 4 is 6.21 Å². The summed E-state index contributed by atoms with van der Waals surface area (Å²) in [6.07, 6.45) is 10.3. The van der Waals surface area contributed by atoms with Crippen LogP contribution in [0, 0.1) is 0 Å². The number of para-hydroxylation sites is 1. The number of ether oxygens (including phenoxy) is 1. The molecule has 1 aliphatic heterocycles. The molecule has 0 spiro atoms. The maximum Gasteiger partial charge on any atom is 0.288 e. The fourth-order valence-electron chi connectivity index (χ4n) is 1.68. The van der Waals surface area contributed by atoms with Gasteiger partial charge in [-0.3, -0.25) is 0 Å². The van der Waals surface area contributed by atoms with Crippen molar-refractivity contribution in [3.05, 3.63) is 61.3 Å². The first kappa shape index (κ1) is 10.6. The highest BCUT2D eigenvalue weighted by atomic mass is 16.5. The second-order valence-electron chi connectivity index (χ2n) is 3.72. The van der Waals surface area contributed by atoms with Gasteiger partial charge in [0.05, 0.1) is 0 Å². The minimum absolute atomic E-state index is 0.424. The van der Waals surface area contributed by atoms with Gasteiger partial charge < -0.3 is 4.74 Å². The molecular weight excluding hydrogens is 228 g/mol. The second-order valence-corrected chi connectivity index (χ2v) is 3.72. The Morgan fingerprint density at radius 1 is 1.17 bits per heavy atom. The Hall–Kier alpha value is -2.56. The first-order valence-electron chi connectivity index (χ1n) is 5.62. The van der Waals surface area contributed by atoms with Gasteiger partial charge in [-0.25, -0.2) is 19.7 Å². The molecule has 5 heteroatoms. The highest BCUT2D eigenvalue weighted by molar-refractivity contribution is 5.72. The van der Waals surface area contributed by atoms with E-state index in [0.717, 1.165) is 5.75 Å². The number of hydrogen-bond donors (Lipinski definition) is 0. The molecule has 1 unspecified atom stereocenters. The average molecular weight is 240 g/mol. The summed E-state index contributed by atoms with van der Waals surface area (Å²) in [5, 5.41) is 1.85. The number of hydrogen-bond acceptors (Lipinski definition) is 4. The highest BCUT2D eigenvalue weighted by Gasteiger charge is 2.18. The van der Waals surface area contributed by atoms with Crippen LogP contribution in [0.25, 0.3) is 0 Å². The van der Waals surface area contributed by atoms with Crippen LogP contribution in [0.2, 0.25) is 0 Å². The summed E-state index contributed by atoms with van der Waals surface area (Å²) in [7, 11) is 0. The van der Waals surface area contributed by atoms with E-state index in [1.807, 2.05) is 58.5 Å². The molecule has 1 atom stereocenters. The van der Waals surface area contributed by atoms with E-state index in [-0.39, 0.29) is 0 Å². The normalized spacial score (nSPS) is 18.0. The fourth-order valence-corrected chi connectivity index (χ4v) is 1.68. The largest absolute Gasteiger partial charge is 0.449 e. The smallest absolute Gasteiger partial charge is 0.288 e. The van der Waals surface area contributed by atoms with Crippen molar-refractivity contribution in [3.8, 4) is 5.75 Å². The lowest BCUT2D eigenvalue weighted by molar-refractivity contribution is 0.190. The van der Waals surface area contributed by atoms with Crippen LogP contribution >= 0.6 is 0 Å². The number of aliphatic imine (C=N–C) groups is 1. The number of aromatic nitrogens is 2. The summed E-state index contributed by atoms with van der Waals surface area (Å²) < 4.78 is 7.64. The van der Waals surface area contributed by atoms with Crippen molar-refractivity contribution < 1.29 is 4.74 Å². The molecule has 0 saturated carbocycles. The van der Waals surface area contributed by atoms with Gasteiger partial charge in [-0.1, -0.05) is 18.2 Å². The van der Waals surface area contributed by atoms with Crippen LogP contribution in [0.5, 0.6) is 5.75 Å². The Balaban J connectivity index is 1.82. The Bertz CT molecular complexity index is 548. The van der Waals surface area contributed by atoms with Gasteiger partial charge in [0, 0.05) is 24.8 Å². The summed E-state index contributed by atoms with van der Waals surface area (Å²) in [6, 6.07) is 9.61. The van der Waals surface area contributed by atoms with E-state index in [1.54, 1.807) is 18.7 Å². The molecule has 1 aliphatic rings. The molecular formula is C13H12N4O. The van der Waals surface area contributed by atoms with Gasteiger partial charge in [-0.15, -0.1) is 0 Å². The van der Waals surface area contributed by atoms with Crippen molar-refractivity contribution in [2.45, 2.75) is 6.35 Å². The van der Waals surface area contributed by atoms with Crippen LogP contribution in [-0.4, -0.2) is 22.2 Å². The van der Waals surface area contributed by atoms with Crippen molar-refractivity contribution in [1.29, 1.82) is 0 Å². The Kier molecular flexibility index (Phi) is 2.79. The first-order chi connectivity index (χ1) is 8.93. The van der Waals surface area contributed by atoms with Crippen LogP contribution in [-0.2, 0) is 0 Å². The second kappa shape index (κ2) is 4.75. The zero-order valence-electron chi connectivity index (χ0n) is 9.63. The molecule has 0 amide bonds. The maximum absolute atomic E-state index is 5.82. The molecule has 1 aromatic heterocycles. The maximum atomic E-state index is 5.82. The van der Waals surface area contributed by atoms with Crippen molar-refractivity contribution in [2.75, 3.05) is 5.01 Å². The summed E-state index contributed by atoms with van der Waals surface area (Å²) in [5.74, 6) is 0.778. The Morgan fingerprint density at radius 2 is 2.06 bits per heavy atom. The quantitative estimate of drug-likeness (QED) is 0.821. The Labute approximate surface area is 105 Å². The number of nitrogens with zero attached hydrogens (tertiary/aromatic N) is 4. The average Bonchev–Trinajstić information content (AvgIpc) is 2.94. The lowest BCUT2D eigenvalue weighted by Crippen LogP contribution is -2.42. The van der Waals surface area contributed by atoms with Crippen LogP contribution in [0.3, 0.4) is 0 Å². The molecule has 18 heavy (non-hydrogen) atoms. The van der Waals surface area contributed by atoms with Gasteiger partial charge in [0.25, 0.3) is 6.35 Å². The molecule has 0 fully saturated rings. The topological polar surface area (TPSA) is 42.7 Å². The zero-order valence-corrected chi connectivity index (χ0v) is 9.63. The van der Waals surface area contributed by atoms with E-state index in [1.165, 1.54) is 0 Å². The molecule has 2 aromatic rings. The SMILES string of the molecule is C1=CN(n2ccnc2)C(Oc2ccccc2)N=C1. The van der Waals surface area contributed by atoms with E-state index in [9.17, 15) is 0 Å². The van der Waals surface area contributed by atoms with Gasteiger partial charge in [0.2, 0.25) is 0 Å². The van der Waals surface area contributed by atoms with Crippen LogP contribution < -0.4 is 9.75 Å². The minimum Gasteiger partial charge on any atom is -0.449 e. The van der Waals surface area contributed by atoms with E-state index < -0.39 is 6.35 Å². The summed E-state index contributed by atoms with van der Waals surface area (Å²) >= 11 is 0. The van der Waals surface area contributed by atoms with Crippen LogP contribution in [0.1, 0.15) is 0 Å². The molecule has 90 valence electrons. The first-order valence-corrected chi connectivity index (χ1v) is 5.62. The number of benzene rings is 1. The predicted molar refractivity (Wildman–Crippen MR) is 68.9 cm³/mol. The fraction of sp³-hybridized carbons (Fsp3) is 0.0769. The zero-order chi connectivity index (χ0) is 12.2. The predicted octanol–water partition coefficient (Wildman–Crippen LogP) is 1.78. The lowest BCUT2D eigenvalue weighted by Gasteiger charge is -2.29. The molecule has 3 rings (SSSR count).